The van der Waals surface area contributed by atoms with Crippen LogP contribution >= 0.6 is 0 Å². The van der Waals surface area contributed by atoms with Gasteiger partial charge in [0, 0.05) is 0 Å². The highest BCUT2D eigenvalue weighted by molar-refractivity contribution is 5.97. The van der Waals surface area contributed by atoms with E-state index in [4.69, 9.17) is 10.2 Å². The number of hydrogen-bond acceptors (Lipinski definition) is 4. The molecule has 4 N–H and O–H groups in total. The molecule has 0 unspecified atom stereocenters. The third-order valence-corrected chi connectivity index (χ3v) is 2.33. The van der Waals surface area contributed by atoms with Crippen LogP contribution in [-0.4, -0.2) is 40.0 Å². The molecule has 0 atom stereocenters. The molecule has 0 saturated carbocycles. The Morgan fingerprint density at radius 1 is 1.41 bits per heavy atom. The maximum Gasteiger partial charge on any atom is 0.258 e. The lowest BCUT2D eigenvalue weighted by molar-refractivity contribution is 0.0718. The molecule has 1 aromatic carbocycles. The molecule has 1 amide bonds. The van der Waals surface area contributed by atoms with Crippen molar-refractivity contribution < 1.29 is 24.5 Å². The fourth-order valence-corrected chi connectivity index (χ4v) is 1.20. The molecule has 0 aliphatic carbocycles. The number of aliphatic hydroxyl groups is 2. The van der Waals surface area contributed by atoms with Crippen LogP contribution in [0.25, 0.3) is 0 Å². The quantitative estimate of drug-likeness (QED) is 0.599. The van der Waals surface area contributed by atoms with Gasteiger partial charge in [-0.1, -0.05) is 6.07 Å². The van der Waals surface area contributed by atoms with Gasteiger partial charge in [-0.15, -0.1) is 0 Å². The molecule has 0 saturated heterocycles. The zero-order valence-electron chi connectivity index (χ0n) is 9.27. The summed E-state index contributed by atoms with van der Waals surface area (Å²) in [5, 5.41) is 29.6. The molecule has 0 aliphatic heterocycles. The van der Waals surface area contributed by atoms with Crippen LogP contribution in [0.2, 0.25) is 0 Å². The minimum Gasteiger partial charge on any atom is -0.507 e. The second-order valence-corrected chi connectivity index (χ2v) is 3.96. The van der Waals surface area contributed by atoms with Crippen LogP contribution in [0, 0.1) is 5.82 Å². The van der Waals surface area contributed by atoms with Crippen molar-refractivity contribution in [2.75, 3.05) is 13.2 Å². The van der Waals surface area contributed by atoms with Crippen molar-refractivity contribution in [1.82, 2.24) is 5.32 Å². The number of carbonyl (C=O) groups excluding carboxylic acids is 1. The summed E-state index contributed by atoms with van der Waals surface area (Å²) in [5.41, 5.74) is -1.79. The molecular weight excluding hydrogens is 229 g/mol. The van der Waals surface area contributed by atoms with Crippen LogP contribution in [0.15, 0.2) is 18.2 Å². The molecule has 0 fully saturated rings. The number of aliphatic hydroxyl groups excluding tert-OH is 2. The zero-order valence-corrected chi connectivity index (χ0v) is 9.27. The second kappa shape index (κ2) is 5.11. The van der Waals surface area contributed by atoms with Crippen molar-refractivity contribution in [2.24, 2.45) is 0 Å². The van der Waals surface area contributed by atoms with Gasteiger partial charge < -0.3 is 20.6 Å². The van der Waals surface area contributed by atoms with Gasteiger partial charge in [0.2, 0.25) is 0 Å². The summed E-state index contributed by atoms with van der Waals surface area (Å²) < 4.78 is 13.3. The molecule has 5 nitrogen and oxygen atoms in total. The molecule has 1 aromatic rings. The minimum atomic E-state index is -1.27. The summed E-state index contributed by atoms with van der Waals surface area (Å²) in [4.78, 5) is 11.7. The summed E-state index contributed by atoms with van der Waals surface area (Å²) in [6.07, 6.45) is 0. The van der Waals surface area contributed by atoms with Crippen molar-refractivity contribution in [3.8, 4) is 5.75 Å². The van der Waals surface area contributed by atoms with Crippen LogP contribution in [0.5, 0.6) is 5.75 Å². The van der Waals surface area contributed by atoms with Gasteiger partial charge in [-0.05, 0) is 19.1 Å². The molecule has 0 aliphatic rings. The largest absolute Gasteiger partial charge is 0.507 e. The highest BCUT2D eigenvalue weighted by Gasteiger charge is 2.27. The van der Waals surface area contributed by atoms with Crippen LogP contribution in [0.1, 0.15) is 17.3 Å². The summed E-state index contributed by atoms with van der Waals surface area (Å²) in [7, 11) is 0. The number of nitrogens with one attached hydrogen (secondary N) is 1. The van der Waals surface area contributed by atoms with Gasteiger partial charge >= 0.3 is 0 Å². The number of aromatic hydroxyl groups is 1. The Hall–Kier alpha value is -1.66. The minimum absolute atomic E-state index is 0.499. The van der Waals surface area contributed by atoms with Crippen molar-refractivity contribution in [3.05, 3.63) is 29.6 Å². The van der Waals surface area contributed by atoms with Crippen molar-refractivity contribution in [3.63, 3.8) is 0 Å². The first kappa shape index (κ1) is 13.4. The highest BCUT2D eigenvalue weighted by Crippen LogP contribution is 2.20. The SMILES string of the molecule is CC(CO)(CO)NC(=O)c1c(O)cccc1F. The van der Waals surface area contributed by atoms with E-state index in [1.54, 1.807) is 0 Å². The summed E-state index contributed by atoms with van der Waals surface area (Å²) in [6.45, 7) is 0.373. The summed E-state index contributed by atoms with van der Waals surface area (Å²) >= 11 is 0. The Kier molecular flexibility index (Phi) is 4.03. The maximum absolute atomic E-state index is 13.3. The topological polar surface area (TPSA) is 89.8 Å². The van der Waals surface area contributed by atoms with E-state index in [0.29, 0.717) is 0 Å². The van der Waals surface area contributed by atoms with Gasteiger partial charge in [0.25, 0.3) is 5.91 Å². The Morgan fingerprint density at radius 2 is 2.00 bits per heavy atom. The molecule has 0 heterocycles. The monoisotopic (exact) mass is 243 g/mol. The van der Waals surface area contributed by atoms with E-state index in [2.05, 4.69) is 5.32 Å². The number of phenols is 1. The number of benzene rings is 1. The van der Waals surface area contributed by atoms with E-state index >= 15 is 0 Å². The van der Waals surface area contributed by atoms with E-state index in [9.17, 15) is 14.3 Å². The molecule has 0 spiro atoms. The van der Waals surface area contributed by atoms with E-state index < -0.39 is 41.8 Å². The molecular formula is C11H14FNO4. The number of amides is 1. The van der Waals surface area contributed by atoms with Gasteiger partial charge in [0.15, 0.2) is 0 Å². The van der Waals surface area contributed by atoms with Crippen LogP contribution in [-0.2, 0) is 0 Å². The lowest BCUT2D eigenvalue weighted by atomic mass is 10.0. The number of rotatable bonds is 4. The van der Waals surface area contributed by atoms with Gasteiger partial charge in [0.05, 0.1) is 18.8 Å². The van der Waals surface area contributed by atoms with Crippen molar-refractivity contribution in [2.45, 2.75) is 12.5 Å². The van der Waals surface area contributed by atoms with Crippen molar-refractivity contribution in [1.29, 1.82) is 0 Å². The predicted molar refractivity (Wildman–Crippen MR) is 58.1 cm³/mol. The number of halogens is 1. The third-order valence-electron chi connectivity index (χ3n) is 2.33. The van der Waals surface area contributed by atoms with Gasteiger partial charge in [-0.2, -0.15) is 0 Å². The summed E-state index contributed by atoms with van der Waals surface area (Å²) in [6, 6.07) is 3.47. The highest BCUT2D eigenvalue weighted by atomic mass is 19.1. The van der Waals surface area contributed by atoms with E-state index in [0.717, 1.165) is 6.07 Å². The lowest BCUT2D eigenvalue weighted by Gasteiger charge is -2.26. The smallest absolute Gasteiger partial charge is 0.258 e. The molecule has 0 aromatic heterocycles. The van der Waals surface area contributed by atoms with Crippen LogP contribution < -0.4 is 5.32 Å². The summed E-state index contributed by atoms with van der Waals surface area (Å²) in [5.74, 6) is -2.27. The number of phenolic OH excluding ortho intramolecular Hbond substituents is 1. The first-order chi connectivity index (χ1) is 7.93. The molecule has 17 heavy (non-hydrogen) atoms. The number of carbonyl (C=O) groups is 1. The third kappa shape index (κ3) is 2.92. The Balaban J connectivity index is 2.98. The standard InChI is InChI=1S/C11H14FNO4/c1-11(5-14,6-15)13-10(17)9-7(12)3-2-4-8(9)16/h2-4,14-16H,5-6H2,1H3,(H,13,17). The molecule has 94 valence electrons. The molecule has 0 radical (unpaired) electrons. The van der Waals surface area contributed by atoms with E-state index in [-0.39, 0.29) is 0 Å². The number of hydrogen-bond donors (Lipinski definition) is 4. The van der Waals surface area contributed by atoms with Crippen LogP contribution in [0.4, 0.5) is 4.39 Å². The fourth-order valence-electron chi connectivity index (χ4n) is 1.20. The first-order valence-corrected chi connectivity index (χ1v) is 4.95. The van der Waals surface area contributed by atoms with E-state index in [1.165, 1.54) is 19.1 Å². The second-order valence-electron chi connectivity index (χ2n) is 3.96. The van der Waals surface area contributed by atoms with Crippen LogP contribution in [0.3, 0.4) is 0 Å². The average molecular weight is 243 g/mol. The van der Waals surface area contributed by atoms with Gasteiger partial charge in [0.1, 0.15) is 17.1 Å². The predicted octanol–water partition coefficient (Wildman–Crippen LogP) is 0.00440. The Bertz CT molecular complexity index is 398. The fraction of sp³-hybridized carbons (Fsp3) is 0.364. The Morgan fingerprint density at radius 3 is 2.47 bits per heavy atom. The molecule has 0 bridgehead atoms. The average Bonchev–Trinajstić information content (AvgIpc) is 2.28. The zero-order chi connectivity index (χ0) is 13.1. The van der Waals surface area contributed by atoms with Crippen molar-refractivity contribution >= 4 is 5.91 Å². The molecule has 6 heteroatoms. The van der Waals surface area contributed by atoms with Gasteiger partial charge in [-0.25, -0.2) is 4.39 Å². The Labute approximate surface area is 97.5 Å². The van der Waals surface area contributed by atoms with E-state index in [1.807, 2.05) is 0 Å². The van der Waals surface area contributed by atoms with Gasteiger partial charge in [-0.3, -0.25) is 4.79 Å². The lowest BCUT2D eigenvalue weighted by Crippen LogP contribution is -2.51. The molecule has 1 rings (SSSR count). The first-order valence-electron chi connectivity index (χ1n) is 4.95. The normalized spacial score (nSPS) is 11.3. The maximum atomic E-state index is 13.3.